The number of nitrogen functional groups attached to an aromatic ring is 1. The molecule has 5 heteroatoms. The largest absolute Gasteiger partial charge is 0.493 e. The van der Waals surface area contributed by atoms with Crippen molar-refractivity contribution in [2.24, 2.45) is 0 Å². The fourth-order valence-electron chi connectivity index (χ4n) is 1.61. The molecule has 0 amide bonds. The molecule has 2 aromatic rings. The molecule has 0 unspecified atom stereocenters. The van der Waals surface area contributed by atoms with Gasteiger partial charge in [-0.05, 0) is 24.6 Å². The molecule has 0 aromatic heterocycles. The van der Waals surface area contributed by atoms with Crippen LogP contribution in [0.1, 0.15) is 5.56 Å². The third-order valence-electron chi connectivity index (χ3n) is 2.59. The number of methoxy groups -OCH3 is 1. The Morgan fingerprint density at radius 1 is 1.11 bits per heavy atom. The van der Waals surface area contributed by atoms with Crippen molar-refractivity contribution < 1.29 is 13.9 Å². The second-order valence-corrected chi connectivity index (χ2v) is 4.47. The monoisotopic (exact) mass is 281 g/mol. The van der Waals surface area contributed by atoms with E-state index in [0.717, 1.165) is 11.6 Å². The normalized spacial score (nSPS) is 10.3. The van der Waals surface area contributed by atoms with Crippen LogP contribution in [0.25, 0.3) is 0 Å². The lowest BCUT2D eigenvalue weighted by Gasteiger charge is -2.13. The highest BCUT2D eigenvalue weighted by molar-refractivity contribution is 6.31. The van der Waals surface area contributed by atoms with Crippen LogP contribution in [0.4, 0.5) is 10.1 Å². The zero-order valence-electron chi connectivity index (χ0n) is 10.5. The fraction of sp³-hybridized carbons (Fsp3) is 0.143. The van der Waals surface area contributed by atoms with Gasteiger partial charge >= 0.3 is 0 Å². The Labute approximate surface area is 115 Å². The Morgan fingerprint density at radius 2 is 1.84 bits per heavy atom. The van der Waals surface area contributed by atoms with Crippen molar-refractivity contribution in [3.63, 3.8) is 0 Å². The van der Waals surface area contributed by atoms with Crippen molar-refractivity contribution in [3.8, 4) is 17.2 Å². The van der Waals surface area contributed by atoms with Gasteiger partial charge < -0.3 is 15.2 Å². The fourth-order valence-corrected chi connectivity index (χ4v) is 1.76. The third kappa shape index (κ3) is 2.90. The van der Waals surface area contributed by atoms with Gasteiger partial charge in [-0.15, -0.1) is 0 Å². The van der Waals surface area contributed by atoms with E-state index in [9.17, 15) is 4.39 Å². The molecule has 0 saturated heterocycles. The van der Waals surface area contributed by atoms with E-state index in [-0.39, 0.29) is 16.5 Å². The van der Waals surface area contributed by atoms with Gasteiger partial charge in [-0.25, -0.2) is 4.39 Å². The lowest BCUT2D eigenvalue weighted by Crippen LogP contribution is -1.96. The van der Waals surface area contributed by atoms with Gasteiger partial charge in [-0.2, -0.15) is 0 Å². The number of ether oxygens (including phenoxy) is 2. The van der Waals surface area contributed by atoms with Crippen molar-refractivity contribution in [1.82, 2.24) is 0 Å². The smallest absolute Gasteiger partial charge is 0.169 e. The van der Waals surface area contributed by atoms with Gasteiger partial charge in [-0.1, -0.05) is 17.7 Å². The van der Waals surface area contributed by atoms with Crippen LogP contribution in [0.3, 0.4) is 0 Å². The van der Waals surface area contributed by atoms with Crippen LogP contribution in [0.5, 0.6) is 17.2 Å². The molecule has 0 atom stereocenters. The molecule has 0 spiro atoms. The number of aryl methyl sites for hydroxylation is 1. The molecule has 0 aliphatic rings. The second-order valence-electron chi connectivity index (χ2n) is 4.06. The average Bonchev–Trinajstić information content (AvgIpc) is 2.37. The van der Waals surface area contributed by atoms with Gasteiger partial charge in [-0.3, -0.25) is 0 Å². The van der Waals surface area contributed by atoms with Gasteiger partial charge in [0, 0.05) is 12.1 Å². The van der Waals surface area contributed by atoms with E-state index in [0.29, 0.717) is 11.5 Å². The molecule has 19 heavy (non-hydrogen) atoms. The van der Waals surface area contributed by atoms with Crippen LogP contribution < -0.4 is 15.2 Å². The maximum Gasteiger partial charge on any atom is 0.169 e. The van der Waals surface area contributed by atoms with Gasteiger partial charge in [0.15, 0.2) is 17.2 Å². The molecular formula is C14H13ClFNO2. The van der Waals surface area contributed by atoms with E-state index in [1.54, 1.807) is 13.2 Å². The lowest BCUT2D eigenvalue weighted by molar-refractivity contribution is 0.379. The zero-order chi connectivity index (χ0) is 14.0. The Kier molecular flexibility index (Phi) is 3.81. The Hall–Kier alpha value is -1.94. The van der Waals surface area contributed by atoms with E-state index in [1.165, 1.54) is 6.07 Å². The molecule has 0 saturated carbocycles. The summed E-state index contributed by atoms with van der Waals surface area (Å²) in [6.45, 7) is 1.94. The second kappa shape index (κ2) is 5.36. The molecule has 100 valence electrons. The molecule has 0 radical (unpaired) electrons. The highest BCUT2D eigenvalue weighted by Gasteiger charge is 2.11. The summed E-state index contributed by atoms with van der Waals surface area (Å²) in [5, 5.41) is -0.0460. The van der Waals surface area contributed by atoms with Gasteiger partial charge in [0.1, 0.15) is 5.82 Å². The molecule has 2 N–H and O–H groups in total. The summed E-state index contributed by atoms with van der Waals surface area (Å²) in [5.74, 6) is 0.762. The third-order valence-corrected chi connectivity index (χ3v) is 2.88. The SMILES string of the molecule is COc1cc(C)ccc1Oc1cc(Cl)c(F)cc1N. The van der Waals surface area contributed by atoms with Gasteiger partial charge in [0.05, 0.1) is 17.8 Å². The first-order chi connectivity index (χ1) is 9.01. The number of rotatable bonds is 3. The van der Waals surface area contributed by atoms with Crippen LogP contribution in [-0.2, 0) is 0 Å². The zero-order valence-corrected chi connectivity index (χ0v) is 11.3. The first kappa shape index (κ1) is 13.5. The van der Waals surface area contributed by atoms with E-state index >= 15 is 0 Å². The first-order valence-corrected chi connectivity index (χ1v) is 5.96. The predicted molar refractivity (Wildman–Crippen MR) is 73.6 cm³/mol. The number of benzene rings is 2. The maximum absolute atomic E-state index is 13.2. The van der Waals surface area contributed by atoms with Crippen LogP contribution >= 0.6 is 11.6 Å². The molecule has 2 rings (SSSR count). The van der Waals surface area contributed by atoms with Crippen molar-refractivity contribution in [2.75, 3.05) is 12.8 Å². The van der Waals surface area contributed by atoms with Crippen molar-refractivity contribution >= 4 is 17.3 Å². The summed E-state index contributed by atoms with van der Waals surface area (Å²) < 4.78 is 24.0. The van der Waals surface area contributed by atoms with Crippen molar-refractivity contribution in [1.29, 1.82) is 0 Å². The highest BCUT2D eigenvalue weighted by Crippen LogP contribution is 2.36. The molecule has 0 aliphatic heterocycles. The maximum atomic E-state index is 13.2. The molecule has 0 bridgehead atoms. The summed E-state index contributed by atoms with van der Waals surface area (Å²) in [7, 11) is 1.54. The molecule has 2 aromatic carbocycles. The minimum atomic E-state index is -0.581. The van der Waals surface area contributed by atoms with Gasteiger partial charge in [0.25, 0.3) is 0 Å². The van der Waals surface area contributed by atoms with E-state index in [1.807, 2.05) is 19.1 Å². The summed E-state index contributed by atoms with van der Waals surface area (Å²) in [4.78, 5) is 0. The molecule has 0 heterocycles. The van der Waals surface area contributed by atoms with Gasteiger partial charge in [0.2, 0.25) is 0 Å². The number of hydrogen-bond donors (Lipinski definition) is 1. The quantitative estimate of drug-likeness (QED) is 0.859. The molecule has 0 fully saturated rings. The van der Waals surface area contributed by atoms with E-state index in [2.05, 4.69) is 0 Å². The Balaban J connectivity index is 2.39. The molecular weight excluding hydrogens is 269 g/mol. The molecule has 0 aliphatic carbocycles. The lowest BCUT2D eigenvalue weighted by atomic mass is 10.2. The summed E-state index contributed by atoms with van der Waals surface area (Å²) in [6, 6.07) is 7.92. The Bertz CT molecular complexity index is 617. The molecule has 3 nitrogen and oxygen atoms in total. The topological polar surface area (TPSA) is 44.5 Å². The van der Waals surface area contributed by atoms with E-state index in [4.69, 9.17) is 26.8 Å². The van der Waals surface area contributed by atoms with Crippen molar-refractivity contribution in [2.45, 2.75) is 6.92 Å². The summed E-state index contributed by atoms with van der Waals surface area (Å²) >= 11 is 5.71. The standard InChI is InChI=1S/C14H13ClFNO2/c1-8-3-4-12(14(5-8)18-2)19-13-6-9(15)10(16)7-11(13)17/h3-7H,17H2,1-2H3. The van der Waals surface area contributed by atoms with E-state index < -0.39 is 5.82 Å². The minimum absolute atomic E-state index is 0.0460. The number of anilines is 1. The van der Waals surface area contributed by atoms with Crippen LogP contribution in [0.2, 0.25) is 5.02 Å². The predicted octanol–water partition coefficient (Wildman–Crippen LogP) is 4.17. The van der Waals surface area contributed by atoms with Crippen LogP contribution in [0, 0.1) is 12.7 Å². The number of hydrogen-bond acceptors (Lipinski definition) is 3. The minimum Gasteiger partial charge on any atom is -0.493 e. The summed E-state index contributed by atoms with van der Waals surface area (Å²) in [6.07, 6.45) is 0. The summed E-state index contributed by atoms with van der Waals surface area (Å²) in [5.41, 5.74) is 6.90. The number of halogens is 2. The number of nitrogens with two attached hydrogens (primary N) is 1. The first-order valence-electron chi connectivity index (χ1n) is 5.58. The average molecular weight is 282 g/mol. The van der Waals surface area contributed by atoms with Crippen molar-refractivity contribution in [3.05, 3.63) is 46.7 Å². The Morgan fingerprint density at radius 3 is 2.53 bits per heavy atom. The van der Waals surface area contributed by atoms with Crippen LogP contribution in [-0.4, -0.2) is 7.11 Å². The van der Waals surface area contributed by atoms with Crippen LogP contribution in [0.15, 0.2) is 30.3 Å². The highest BCUT2D eigenvalue weighted by atomic mass is 35.5.